The quantitative estimate of drug-likeness (QED) is 0.851. The number of carbonyl (C=O) groups excluding carboxylic acids is 1. The zero-order valence-electron chi connectivity index (χ0n) is 14.1. The van der Waals surface area contributed by atoms with Crippen LogP contribution in [0.3, 0.4) is 0 Å². The SMILES string of the molecule is O=C(C[C@]12COC[C@H]1CN(Cc1nccs1)C2)NCc1ccccn1. The van der Waals surface area contributed by atoms with E-state index in [2.05, 4.69) is 20.2 Å². The van der Waals surface area contributed by atoms with Gasteiger partial charge in [-0.3, -0.25) is 14.7 Å². The van der Waals surface area contributed by atoms with Crippen LogP contribution in [-0.2, 0) is 22.6 Å². The first kappa shape index (κ1) is 16.6. The number of amides is 1. The summed E-state index contributed by atoms with van der Waals surface area (Å²) in [6.07, 6.45) is 4.11. The number of hydrogen-bond donors (Lipinski definition) is 1. The molecular weight excluding hydrogens is 336 g/mol. The summed E-state index contributed by atoms with van der Waals surface area (Å²) in [5.41, 5.74) is 0.815. The van der Waals surface area contributed by atoms with Gasteiger partial charge in [0.15, 0.2) is 0 Å². The number of fused-ring (bicyclic) bond motifs is 1. The van der Waals surface area contributed by atoms with E-state index in [4.69, 9.17) is 4.74 Å². The first-order valence-corrected chi connectivity index (χ1v) is 9.47. The van der Waals surface area contributed by atoms with Gasteiger partial charge < -0.3 is 10.1 Å². The first-order valence-electron chi connectivity index (χ1n) is 8.59. The lowest BCUT2D eigenvalue weighted by atomic mass is 9.78. The van der Waals surface area contributed by atoms with Crippen molar-refractivity contribution in [2.75, 3.05) is 26.3 Å². The Morgan fingerprint density at radius 3 is 3.16 bits per heavy atom. The van der Waals surface area contributed by atoms with Crippen LogP contribution in [0.25, 0.3) is 0 Å². The van der Waals surface area contributed by atoms with Crippen LogP contribution in [0.2, 0.25) is 0 Å². The van der Waals surface area contributed by atoms with Gasteiger partial charge in [0.2, 0.25) is 5.91 Å². The second-order valence-corrected chi connectivity index (χ2v) is 7.92. The Bertz CT molecular complexity index is 709. The number of hydrogen-bond acceptors (Lipinski definition) is 6. The summed E-state index contributed by atoms with van der Waals surface area (Å²) in [6, 6.07) is 5.73. The number of nitrogens with one attached hydrogen (secondary N) is 1. The van der Waals surface area contributed by atoms with E-state index in [-0.39, 0.29) is 11.3 Å². The number of nitrogens with zero attached hydrogens (tertiary/aromatic N) is 3. The lowest BCUT2D eigenvalue weighted by Gasteiger charge is -2.26. The molecule has 1 amide bonds. The van der Waals surface area contributed by atoms with Crippen molar-refractivity contribution in [2.45, 2.75) is 19.5 Å². The molecule has 0 saturated carbocycles. The molecule has 0 spiro atoms. The van der Waals surface area contributed by atoms with Crippen molar-refractivity contribution in [1.29, 1.82) is 0 Å². The van der Waals surface area contributed by atoms with Crippen LogP contribution < -0.4 is 5.32 Å². The number of aromatic nitrogens is 2. The number of ether oxygens (including phenoxy) is 1. The molecule has 2 aliphatic rings. The maximum atomic E-state index is 12.5. The maximum absolute atomic E-state index is 12.5. The van der Waals surface area contributed by atoms with E-state index in [1.165, 1.54) is 0 Å². The van der Waals surface area contributed by atoms with Gasteiger partial charge in [0.25, 0.3) is 0 Å². The number of thiazole rings is 1. The molecule has 6 nitrogen and oxygen atoms in total. The van der Waals surface area contributed by atoms with E-state index in [1.54, 1.807) is 17.5 Å². The number of carbonyl (C=O) groups is 1. The molecule has 2 aromatic rings. The summed E-state index contributed by atoms with van der Waals surface area (Å²) in [5, 5.41) is 6.15. The summed E-state index contributed by atoms with van der Waals surface area (Å²) in [7, 11) is 0. The van der Waals surface area contributed by atoms with Gasteiger partial charge in [-0.15, -0.1) is 11.3 Å². The molecule has 7 heteroatoms. The second-order valence-electron chi connectivity index (χ2n) is 6.94. The lowest BCUT2D eigenvalue weighted by molar-refractivity contribution is -0.123. The minimum Gasteiger partial charge on any atom is -0.380 e. The summed E-state index contributed by atoms with van der Waals surface area (Å²) in [5.74, 6) is 0.505. The van der Waals surface area contributed by atoms with Crippen LogP contribution in [0, 0.1) is 11.3 Å². The lowest BCUT2D eigenvalue weighted by Crippen LogP contribution is -2.37. The molecule has 0 unspecified atom stereocenters. The molecule has 132 valence electrons. The molecule has 2 fully saturated rings. The average Bonchev–Trinajstić information content (AvgIpc) is 3.31. The van der Waals surface area contributed by atoms with E-state index in [0.29, 0.717) is 25.5 Å². The van der Waals surface area contributed by atoms with Gasteiger partial charge in [-0.2, -0.15) is 0 Å². The molecule has 0 bridgehead atoms. The predicted molar refractivity (Wildman–Crippen MR) is 94.8 cm³/mol. The Labute approximate surface area is 151 Å². The normalized spacial score (nSPS) is 25.8. The van der Waals surface area contributed by atoms with Crippen LogP contribution >= 0.6 is 11.3 Å². The standard InChI is InChI=1S/C18H22N4O2S/c23-16(21-8-15-3-1-2-4-19-15)7-18-12-22(9-14(18)11-24-13-18)10-17-20-5-6-25-17/h1-6,14H,7-13H2,(H,21,23)/t14-,18+/m1/s1. The van der Waals surface area contributed by atoms with E-state index in [1.807, 2.05) is 29.8 Å². The fraction of sp³-hybridized carbons (Fsp3) is 0.500. The van der Waals surface area contributed by atoms with Crippen LogP contribution in [-0.4, -0.2) is 47.1 Å². The van der Waals surface area contributed by atoms with Gasteiger partial charge in [-0.05, 0) is 12.1 Å². The van der Waals surface area contributed by atoms with Crippen LogP contribution in [0.1, 0.15) is 17.1 Å². The molecule has 0 aliphatic carbocycles. The summed E-state index contributed by atoms with van der Waals surface area (Å²) < 4.78 is 5.73. The average molecular weight is 358 g/mol. The maximum Gasteiger partial charge on any atom is 0.221 e. The van der Waals surface area contributed by atoms with E-state index in [9.17, 15) is 4.79 Å². The van der Waals surface area contributed by atoms with Gasteiger partial charge in [0.05, 0.1) is 32.0 Å². The molecule has 4 rings (SSSR count). The third-order valence-electron chi connectivity index (χ3n) is 5.14. The van der Waals surface area contributed by atoms with E-state index in [0.717, 1.165) is 36.9 Å². The number of pyridine rings is 1. The third kappa shape index (κ3) is 3.73. The van der Waals surface area contributed by atoms with Gasteiger partial charge in [-0.1, -0.05) is 6.07 Å². The molecular formula is C18H22N4O2S. The van der Waals surface area contributed by atoms with E-state index >= 15 is 0 Å². The molecule has 2 saturated heterocycles. The van der Waals surface area contributed by atoms with Gasteiger partial charge in [-0.25, -0.2) is 4.98 Å². The smallest absolute Gasteiger partial charge is 0.221 e. The van der Waals surface area contributed by atoms with Crippen molar-refractivity contribution in [3.05, 3.63) is 46.7 Å². The highest BCUT2D eigenvalue weighted by Gasteiger charge is 2.51. The Hall–Kier alpha value is -1.83. The number of likely N-dealkylation sites (tertiary alicyclic amines) is 1. The van der Waals surface area contributed by atoms with Gasteiger partial charge in [0.1, 0.15) is 5.01 Å². The van der Waals surface area contributed by atoms with Crippen molar-refractivity contribution in [3.63, 3.8) is 0 Å². The highest BCUT2D eigenvalue weighted by atomic mass is 32.1. The predicted octanol–water partition coefficient (Wildman–Crippen LogP) is 1.69. The Kier molecular flexibility index (Phi) is 4.78. The molecule has 0 radical (unpaired) electrons. The van der Waals surface area contributed by atoms with Crippen molar-refractivity contribution in [3.8, 4) is 0 Å². The Morgan fingerprint density at radius 2 is 2.36 bits per heavy atom. The highest BCUT2D eigenvalue weighted by molar-refractivity contribution is 7.09. The molecule has 2 atom stereocenters. The highest BCUT2D eigenvalue weighted by Crippen LogP contribution is 2.44. The number of rotatable bonds is 6. The second kappa shape index (κ2) is 7.19. The monoisotopic (exact) mass is 358 g/mol. The largest absolute Gasteiger partial charge is 0.380 e. The van der Waals surface area contributed by atoms with Gasteiger partial charge in [0, 0.05) is 48.6 Å². The minimum absolute atomic E-state index is 0.0640. The van der Waals surface area contributed by atoms with Crippen molar-refractivity contribution >= 4 is 17.2 Å². The fourth-order valence-electron chi connectivity index (χ4n) is 3.91. The molecule has 2 aromatic heterocycles. The topological polar surface area (TPSA) is 67.3 Å². The van der Waals surface area contributed by atoms with Crippen molar-refractivity contribution in [2.24, 2.45) is 11.3 Å². The molecule has 2 aliphatic heterocycles. The minimum atomic E-state index is -0.0640. The van der Waals surface area contributed by atoms with Crippen molar-refractivity contribution in [1.82, 2.24) is 20.2 Å². The Balaban J connectivity index is 1.35. The summed E-state index contributed by atoms with van der Waals surface area (Å²) >= 11 is 1.69. The van der Waals surface area contributed by atoms with Crippen LogP contribution in [0.15, 0.2) is 36.0 Å². The van der Waals surface area contributed by atoms with Crippen LogP contribution in [0.4, 0.5) is 0 Å². The van der Waals surface area contributed by atoms with Gasteiger partial charge >= 0.3 is 0 Å². The molecule has 4 heterocycles. The molecule has 25 heavy (non-hydrogen) atoms. The molecule has 1 N–H and O–H groups in total. The zero-order valence-corrected chi connectivity index (χ0v) is 14.9. The first-order chi connectivity index (χ1) is 12.2. The zero-order chi connectivity index (χ0) is 17.1. The fourth-order valence-corrected chi connectivity index (χ4v) is 4.57. The van der Waals surface area contributed by atoms with Crippen LogP contribution in [0.5, 0.6) is 0 Å². The summed E-state index contributed by atoms with van der Waals surface area (Å²) in [6.45, 7) is 4.64. The summed E-state index contributed by atoms with van der Waals surface area (Å²) in [4.78, 5) is 23.6. The Morgan fingerprint density at radius 1 is 1.40 bits per heavy atom. The molecule has 0 aromatic carbocycles. The van der Waals surface area contributed by atoms with Crippen molar-refractivity contribution < 1.29 is 9.53 Å². The third-order valence-corrected chi connectivity index (χ3v) is 5.90. The van der Waals surface area contributed by atoms with E-state index < -0.39 is 0 Å².